The second-order valence-electron chi connectivity index (χ2n) is 5.52. The zero-order valence-electron chi connectivity index (χ0n) is 13.9. The molecule has 0 aliphatic heterocycles. The Bertz CT molecular complexity index is 704. The molecule has 2 N–H and O–H groups in total. The summed E-state index contributed by atoms with van der Waals surface area (Å²) in [7, 11) is 3.78. The highest BCUT2D eigenvalue weighted by Crippen LogP contribution is 2.14. The van der Waals surface area contributed by atoms with E-state index in [1.54, 1.807) is 6.07 Å². The van der Waals surface area contributed by atoms with Gasteiger partial charge in [0, 0.05) is 25.8 Å². The smallest absolute Gasteiger partial charge is 0.259 e. The second kappa shape index (κ2) is 7.49. The van der Waals surface area contributed by atoms with Gasteiger partial charge in [0.05, 0.1) is 12.8 Å². The molecule has 0 saturated carbocycles. The maximum absolute atomic E-state index is 11.7. The van der Waals surface area contributed by atoms with Crippen molar-refractivity contribution in [3.05, 3.63) is 47.2 Å². The fraction of sp³-hybridized carbons (Fsp3) is 0.294. The molecule has 0 aliphatic carbocycles. The van der Waals surface area contributed by atoms with Gasteiger partial charge in [-0.2, -0.15) is 5.10 Å². The molecule has 1 aromatic heterocycles. The van der Waals surface area contributed by atoms with E-state index >= 15 is 0 Å². The zero-order valence-corrected chi connectivity index (χ0v) is 13.9. The second-order valence-corrected chi connectivity index (χ2v) is 5.52. The van der Waals surface area contributed by atoms with Crippen molar-refractivity contribution in [2.24, 2.45) is 5.10 Å². The van der Waals surface area contributed by atoms with E-state index in [-0.39, 0.29) is 12.5 Å². The number of anilines is 2. The fourth-order valence-corrected chi connectivity index (χ4v) is 1.89. The molecule has 2 aromatic rings. The lowest BCUT2D eigenvalue weighted by molar-refractivity contribution is -0.119. The first-order valence-corrected chi connectivity index (χ1v) is 7.36. The third-order valence-corrected chi connectivity index (χ3v) is 3.39. The lowest BCUT2D eigenvalue weighted by Crippen LogP contribution is -2.25. The van der Waals surface area contributed by atoms with Crippen molar-refractivity contribution in [2.45, 2.75) is 13.8 Å². The highest BCUT2D eigenvalue weighted by atomic mass is 16.4. The van der Waals surface area contributed by atoms with Crippen molar-refractivity contribution < 1.29 is 9.21 Å². The largest absolute Gasteiger partial charge is 0.440 e. The Morgan fingerprint density at radius 2 is 2.00 bits per heavy atom. The number of amides is 1. The Morgan fingerprint density at radius 3 is 2.65 bits per heavy atom. The minimum atomic E-state index is -0.223. The molecule has 0 unspecified atom stereocenters. The van der Waals surface area contributed by atoms with Crippen molar-refractivity contribution >= 4 is 23.7 Å². The van der Waals surface area contributed by atoms with Crippen LogP contribution in [-0.4, -0.2) is 32.8 Å². The van der Waals surface area contributed by atoms with Crippen LogP contribution in [-0.2, 0) is 4.79 Å². The molecule has 0 spiro atoms. The number of nitrogens with zero attached hydrogens (tertiary/aromatic N) is 2. The molecule has 1 aromatic carbocycles. The Hall–Kier alpha value is -2.76. The summed E-state index contributed by atoms with van der Waals surface area (Å²) in [6.07, 6.45) is 1.47. The van der Waals surface area contributed by atoms with Gasteiger partial charge in [0.15, 0.2) is 5.88 Å². The van der Waals surface area contributed by atoms with Gasteiger partial charge in [0.2, 0.25) is 0 Å². The highest BCUT2D eigenvalue weighted by Gasteiger charge is 2.03. The average Bonchev–Trinajstić information content (AvgIpc) is 2.97. The van der Waals surface area contributed by atoms with Crippen molar-refractivity contribution in [3.63, 3.8) is 0 Å². The van der Waals surface area contributed by atoms with Gasteiger partial charge >= 0.3 is 0 Å². The SMILES string of the molecule is Cc1ccc(NCC(=O)N/N=C\c2ccc(N(C)C)o2)cc1C. The molecule has 122 valence electrons. The molecule has 1 heterocycles. The van der Waals surface area contributed by atoms with Crippen LogP contribution in [0.3, 0.4) is 0 Å². The van der Waals surface area contributed by atoms with E-state index in [2.05, 4.69) is 22.8 Å². The third kappa shape index (κ3) is 4.88. The topological polar surface area (TPSA) is 69.9 Å². The van der Waals surface area contributed by atoms with Crippen LogP contribution in [0.1, 0.15) is 16.9 Å². The van der Waals surface area contributed by atoms with E-state index in [0.717, 1.165) is 11.6 Å². The van der Waals surface area contributed by atoms with Gasteiger partial charge in [-0.1, -0.05) is 6.07 Å². The minimum Gasteiger partial charge on any atom is -0.440 e. The molecular formula is C17H22N4O2. The van der Waals surface area contributed by atoms with Gasteiger partial charge < -0.3 is 14.6 Å². The number of carbonyl (C=O) groups is 1. The standard InChI is InChI=1S/C17H22N4O2/c1-12-5-6-14(9-13(12)2)18-11-16(22)20-19-10-15-7-8-17(23-15)21(3)4/h5-10,18H,11H2,1-4H3,(H,20,22)/b19-10-. The fourth-order valence-electron chi connectivity index (χ4n) is 1.89. The van der Waals surface area contributed by atoms with E-state index in [9.17, 15) is 4.79 Å². The van der Waals surface area contributed by atoms with Crippen molar-refractivity contribution in [3.8, 4) is 0 Å². The zero-order chi connectivity index (χ0) is 16.8. The Kier molecular flexibility index (Phi) is 5.41. The summed E-state index contributed by atoms with van der Waals surface area (Å²) in [6.45, 7) is 4.24. The quantitative estimate of drug-likeness (QED) is 0.635. The number of hydrogen-bond acceptors (Lipinski definition) is 5. The Labute approximate surface area is 136 Å². The molecule has 6 nitrogen and oxygen atoms in total. The van der Waals surface area contributed by atoms with Crippen LogP contribution in [0.15, 0.2) is 39.9 Å². The first-order valence-electron chi connectivity index (χ1n) is 7.36. The average molecular weight is 314 g/mol. The maximum Gasteiger partial charge on any atom is 0.259 e. The number of nitrogens with one attached hydrogen (secondary N) is 2. The van der Waals surface area contributed by atoms with Crippen LogP contribution in [0.4, 0.5) is 11.6 Å². The molecular weight excluding hydrogens is 292 g/mol. The van der Waals surface area contributed by atoms with Crippen LogP contribution >= 0.6 is 0 Å². The lowest BCUT2D eigenvalue weighted by Gasteiger charge is -2.07. The molecule has 0 atom stereocenters. The molecule has 0 saturated heterocycles. The molecule has 0 bridgehead atoms. The van der Waals surface area contributed by atoms with Crippen LogP contribution in [0.2, 0.25) is 0 Å². The van der Waals surface area contributed by atoms with Crippen LogP contribution in [0, 0.1) is 13.8 Å². The van der Waals surface area contributed by atoms with Gasteiger partial charge in [0.1, 0.15) is 5.76 Å². The van der Waals surface area contributed by atoms with Crippen molar-refractivity contribution in [1.82, 2.24) is 5.43 Å². The van der Waals surface area contributed by atoms with Gasteiger partial charge in [-0.3, -0.25) is 4.79 Å². The molecule has 2 rings (SSSR count). The van der Waals surface area contributed by atoms with E-state index in [0.29, 0.717) is 5.76 Å². The van der Waals surface area contributed by atoms with E-state index in [4.69, 9.17) is 4.42 Å². The summed E-state index contributed by atoms with van der Waals surface area (Å²) in [5, 5.41) is 6.95. The van der Waals surface area contributed by atoms with Gasteiger partial charge in [-0.25, -0.2) is 5.43 Å². The number of aryl methyl sites for hydroxylation is 2. The van der Waals surface area contributed by atoms with Gasteiger partial charge in [0.25, 0.3) is 5.91 Å². The number of carbonyl (C=O) groups excluding carboxylic acids is 1. The maximum atomic E-state index is 11.7. The molecule has 0 fully saturated rings. The third-order valence-electron chi connectivity index (χ3n) is 3.39. The lowest BCUT2D eigenvalue weighted by atomic mass is 10.1. The minimum absolute atomic E-state index is 0.154. The van der Waals surface area contributed by atoms with Crippen LogP contribution in [0.25, 0.3) is 0 Å². The summed E-state index contributed by atoms with van der Waals surface area (Å²) >= 11 is 0. The molecule has 6 heteroatoms. The first kappa shape index (κ1) is 16.6. The molecule has 1 amide bonds. The van der Waals surface area contributed by atoms with E-state index in [1.807, 2.05) is 50.2 Å². The van der Waals surface area contributed by atoms with Crippen LogP contribution < -0.4 is 15.6 Å². The summed E-state index contributed by atoms with van der Waals surface area (Å²) in [4.78, 5) is 13.6. The number of benzene rings is 1. The van der Waals surface area contributed by atoms with E-state index in [1.165, 1.54) is 17.3 Å². The normalized spacial score (nSPS) is 10.8. The van der Waals surface area contributed by atoms with Gasteiger partial charge in [-0.15, -0.1) is 0 Å². The van der Waals surface area contributed by atoms with Crippen molar-refractivity contribution in [2.75, 3.05) is 30.9 Å². The summed E-state index contributed by atoms with van der Waals surface area (Å²) in [5.41, 5.74) is 5.78. The monoisotopic (exact) mass is 314 g/mol. The molecule has 0 radical (unpaired) electrons. The Balaban J connectivity index is 1.80. The predicted molar refractivity (Wildman–Crippen MR) is 93.2 cm³/mol. The Morgan fingerprint density at radius 1 is 1.22 bits per heavy atom. The van der Waals surface area contributed by atoms with Crippen LogP contribution in [0.5, 0.6) is 0 Å². The number of hydrazone groups is 1. The van der Waals surface area contributed by atoms with E-state index < -0.39 is 0 Å². The number of hydrogen-bond donors (Lipinski definition) is 2. The predicted octanol–water partition coefficient (Wildman–Crippen LogP) is 2.52. The highest BCUT2D eigenvalue weighted by molar-refractivity contribution is 5.83. The summed E-state index contributed by atoms with van der Waals surface area (Å²) in [5.74, 6) is 1.09. The molecule has 0 aliphatic rings. The summed E-state index contributed by atoms with van der Waals surface area (Å²) in [6, 6.07) is 9.61. The molecule has 23 heavy (non-hydrogen) atoms. The van der Waals surface area contributed by atoms with Gasteiger partial charge in [-0.05, 0) is 43.2 Å². The number of rotatable bonds is 6. The first-order chi connectivity index (χ1) is 11.0. The number of furan rings is 1. The van der Waals surface area contributed by atoms with Crippen molar-refractivity contribution in [1.29, 1.82) is 0 Å². The summed E-state index contributed by atoms with van der Waals surface area (Å²) < 4.78 is 5.49.